The molecule has 1 aromatic heterocycles. The Labute approximate surface area is 117 Å². The highest BCUT2D eigenvalue weighted by molar-refractivity contribution is 6.30. The summed E-state index contributed by atoms with van der Waals surface area (Å²) in [5.74, 6) is 0.819. The molecule has 19 heavy (non-hydrogen) atoms. The molecule has 0 saturated carbocycles. The van der Waals surface area contributed by atoms with Crippen molar-refractivity contribution in [3.05, 3.63) is 46.1 Å². The molecule has 0 fully saturated rings. The second-order valence-corrected chi connectivity index (χ2v) is 4.94. The molecule has 4 nitrogen and oxygen atoms in total. The molecule has 1 heterocycles. The normalized spacial score (nSPS) is 10.3. The third-order valence-corrected chi connectivity index (χ3v) is 3.21. The SMILES string of the molecule is Cc1nn(C)c(N(C)Cc2cccc(Cl)c2)c1C#N. The molecule has 1 aromatic carbocycles. The fourth-order valence-corrected chi connectivity index (χ4v) is 2.41. The molecule has 2 rings (SSSR count). The molecule has 98 valence electrons. The molecule has 0 amide bonds. The number of hydrogen-bond acceptors (Lipinski definition) is 3. The highest BCUT2D eigenvalue weighted by atomic mass is 35.5. The van der Waals surface area contributed by atoms with Crippen LogP contribution >= 0.6 is 11.6 Å². The quantitative estimate of drug-likeness (QED) is 0.864. The van der Waals surface area contributed by atoms with Crippen LogP contribution in [0.15, 0.2) is 24.3 Å². The summed E-state index contributed by atoms with van der Waals surface area (Å²) >= 11 is 5.98. The Morgan fingerprint density at radius 1 is 1.47 bits per heavy atom. The lowest BCUT2D eigenvalue weighted by Crippen LogP contribution is -2.20. The maximum atomic E-state index is 9.22. The Hall–Kier alpha value is -1.99. The van der Waals surface area contributed by atoms with Crippen molar-refractivity contribution in [2.75, 3.05) is 11.9 Å². The lowest BCUT2D eigenvalue weighted by atomic mass is 10.2. The van der Waals surface area contributed by atoms with Gasteiger partial charge >= 0.3 is 0 Å². The summed E-state index contributed by atoms with van der Waals surface area (Å²) in [5.41, 5.74) is 2.46. The monoisotopic (exact) mass is 274 g/mol. The molecule has 0 aliphatic carbocycles. The zero-order valence-electron chi connectivity index (χ0n) is 11.2. The fourth-order valence-electron chi connectivity index (χ4n) is 2.20. The van der Waals surface area contributed by atoms with Crippen molar-refractivity contribution in [2.45, 2.75) is 13.5 Å². The van der Waals surface area contributed by atoms with Crippen molar-refractivity contribution in [1.29, 1.82) is 5.26 Å². The Kier molecular flexibility index (Phi) is 3.77. The van der Waals surface area contributed by atoms with Gasteiger partial charge < -0.3 is 4.90 Å². The first-order valence-electron chi connectivity index (χ1n) is 5.92. The number of rotatable bonds is 3. The predicted octanol–water partition coefficient (Wildman–Crippen LogP) is 2.89. The minimum Gasteiger partial charge on any atom is -0.354 e. The van der Waals surface area contributed by atoms with Crippen LogP contribution < -0.4 is 4.90 Å². The molecule has 0 aliphatic heterocycles. The average Bonchev–Trinajstić information content (AvgIpc) is 2.63. The van der Waals surface area contributed by atoms with Gasteiger partial charge in [-0.15, -0.1) is 0 Å². The van der Waals surface area contributed by atoms with Crippen molar-refractivity contribution in [1.82, 2.24) is 9.78 Å². The molecular formula is C14H15ClN4. The average molecular weight is 275 g/mol. The van der Waals surface area contributed by atoms with Crippen LogP contribution in [0, 0.1) is 18.3 Å². The van der Waals surface area contributed by atoms with Gasteiger partial charge in [0.05, 0.1) is 5.69 Å². The number of halogens is 1. The summed E-state index contributed by atoms with van der Waals surface area (Å²) < 4.78 is 1.73. The van der Waals surface area contributed by atoms with Gasteiger partial charge in [0.25, 0.3) is 0 Å². The zero-order valence-corrected chi connectivity index (χ0v) is 11.9. The molecule has 0 unspecified atom stereocenters. The molecule has 0 saturated heterocycles. The second kappa shape index (κ2) is 5.33. The van der Waals surface area contributed by atoms with Gasteiger partial charge in [-0.05, 0) is 24.6 Å². The van der Waals surface area contributed by atoms with E-state index in [0.29, 0.717) is 17.1 Å². The van der Waals surface area contributed by atoms with Crippen LogP contribution in [-0.4, -0.2) is 16.8 Å². The molecule has 2 aromatic rings. The van der Waals surface area contributed by atoms with Gasteiger partial charge in [0, 0.05) is 25.7 Å². The summed E-state index contributed by atoms with van der Waals surface area (Å²) in [6, 6.07) is 9.92. The maximum absolute atomic E-state index is 9.22. The Morgan fingerprint density at radius 2 is 2.21 bits per heavy atom. The smallest absolute Gasteiger partial charge is 0.145 e. The Balaban J connectivity index is 2.31. The molecule has 0 spiro atoms. The molecule has 0 radical (unpaired) electrons. The van der Waals surface area contributed by atoms with Gasteiger partial charge in [0.2, 0.25) is 0 Å². The fraction of sp³-hybridized carbons (Fsp3) is 0.286. The van der Waals surface area contributed by atoms with Crippen LogP contribution in [0.3, 0.4) is 0 Å². The van der Waals surface area contributed by atoms with Gasteiger partial charge in [-0.25, -0.2) is 0 Å². The van der Waals surface area contributed by atoms with Gasteiger partial charge in [-0.3, -0.25) is 4.68 Å². The van der Waals surface area contributed by atoms with Gasteiger partial charge in [-0.1, -0.05) is 23.7 Å². The van der Waals surface area contributed by atoms with E-state index < -0.39 is 0 Å². The van der Waals surface area contributed by atoms with Crippen LogP contribution in [0.25, 0.3) is 0 Å². The summed E-state index contributed by atoms with van der Waals surface area (Å²) in [7, 11) is 3.79. The van der Waals surface area contributed by atoms with E-state index in [0.717, 1.165) is 17.1 Å². The van der Waals surface area contributed by atoms with E-state index in [1.807, 2.05) is 50.2 Å². The van der Waals surface area contributed by atoms with E-state index in [2.05, 4.69) is 11.2 Å². The van der Waals surface area contributed by atoms with Crippen LogP contribution in [0.4, 0.5) is 5.82 Å². The van der Waals surface area contributed by atoms with E-state index in [1.165, 1.54) is 0 Å². The van der Waals surface area contributed by atoms with E-state index in [4.69, 9.17) is 11.6 Å². The third kappa shape index (κ3) is 2.72. The summed E-state index contributed by atoms with van der Waals surface area (Å²) in [4.78, 5) is 2.00. The summed E-state index contributed by atoms with van der Waals surface area (Å²) in [6.07, 6.45) is 0. The molecule has 0 bridgehead atoms. The molecular weight excluding hydrogens is 260 g/mol. The maximum Gasteiger partial charge on any atom is 0.145 e. The number of hydrogen-bond donors (Lipinski definition) is 0. The summed E-state index contributed by atoms with van der Waals surface area (Å²) in [6.45, 7) is 2.52. The van der Waals surface area contributed by atoms with E-state index in [9.17, 15) is 5.26 Å². The molecule has 0 atom stereocenters. The zero-order chi connectivity index (χ0) is 14.0. The lowest BCUT2D eigenvalue weighted by Gasteiger charge is -2.19. The largest absolute Gasteiger partial charge is 0.354 e. The number of aromatic nitrogens is 2. The first-order valence-corrected chi connectivity index (χ1v) is 6.30. The van der Waals surface area contributed by atoms with Crippen LogP contribution in [0.5, 0.6) is 0 Å². The van der Waals surface area contributed by atoms with Crippen molar-refractivity contribution in [3.8, 4) is 6.07 Å². The second-order valence-electron chi connectivity index (χ2n) is 4.51. The number of benzene rings is 1. The number of aryl methyl sites for hydroxylation is 2. The van der Waals surface area contributed by atoms with Crippen LogP contribution in [0.2, 0.25) is 5.02 Å². The van der Waals surface area contributed by atoms with Gasteiger partial charge in [0.15, 0.2) is 0 Å². The standard InChI is InChI=1S/C14H15ClN4/c1-10-13(8-16)14(19(3)17-10)18(2)9-11-5-4-6-12(15)7-11/h4-7H,9H2,1-3H3. The number of nitrogens with zero attached hydrogens (tertiary/aromatic N) is 4. The Morgan fingerprint density at radius 3 is 2.84 bits per heavy atom. The van der Waals surface area contributed by atoms with Crippen LogP contribution in [0.1, 0.15) is 16.8 Å². The van der Waals surface area contributed by atoms with Crippen molar-refractivity contribution in [3.63, 3.8) is 0 Å². The number of anilines is 1. The number of nitriles is 1. The van der Waals surface area contributed by atoms with Gasteiger partial charge in [0.1, 0.15) is 17.5 Å². The minimum absolute atomic E-state index is 0.618. The third-order valence-electron chi connectivity index (χ3n) is 2.97. The predicted molar refractivity (Wildman–Crippen MR) is 76.2 cm³/mol. The van der Waals surface area contributed by atoms with Crippen molar-refractivity contribution in [2.24, 2.45) is 7.05 Å². The topological polar surface area (TPSA) is 44.9 Å². The summed E-state index contributed by atoms with van der Waals surface area (Å²) in [5, 5.41) is 14.2. The van der Waals surface area contributed by atoms with Crippen molar-refractivity contribution < 1.29 is 0 Å². The molecule has 0 aliphatic rings. The highest BCUT2D eigenvalue weighted by Crippen LogP contribution is 2.23. The Bertz CT molecular complexity index is 639. The first-order chi connectivity index (χ1) is 9.02. The highest BCUT2D eigenvalue weighted by Gasteiger charge is 2.16. The minimum atomic E-state index is 0.618. The van der Waals surface area contributed by atoms with E-state index in [-0.39, 0.29) is 0 Å². The van der Waals surface area contributed by atoms with Crippen molar-refractivity contribution >= 4 is 17.4 Å². The molecule has 5 heteroatoms. The lowest BCUT2D eigenvalue weighted by molar-refractivity contribution is 0.726. The van der Waals surface area contributed by atoms with Gasteiger partial charge in [-0.2, -0.15) is 10.4 Å². The molecule has 0 N–H and O–H groups in total. The van der Waals surface area contributed by atoms with Crippen LogP contribution in [-0.2, 0) is 13.6 Å². The first kappa shape index (κ1) is 13.4. The van der Waals surface area contributed by atoms with E-state index >= 15 is 0 Å². The van der Waals surface area contributed by atoms with E-state index in [1.54, 1.807) is 4.68 Å².